The Labute approximate surface area is 167 Å². The van der Waals surface area contributed by atoms with E-state index in [0.717, 1.165) is 11.3 Å². The number of aryl methyl sites for hydroxylation is 2. The number of carbonyl (C=O) groups excluding carboxylic acids is 1. The Kier molecular flexibility index (Phi) is 5.80. The van der Waals surface area contributed by atoms with Gasteiger partial charge >= 0.3 is 6.03 Å². The fourth-order valence-electron chi connectivity index (χ4n) is 2.52. The molecule has 0 saturated heterocycles. The second kappa shape index (κ2) is 7.91. The van der Waals surface area contributed by atoms with Crippen molar-refractivity contribution in [2.24, 2.45) is 4.99 Å². The summed E-state index contributed by atoms with van der Waals surface area (Å²) < 4.78 is 0. The van der Waals surface area contributed by atoms with Gasteiger partial charge < -0.3 is 5.32 Å². The summed E-state index contributed by atoms with van der Waals surface area (Å²) in [4.78, 5) is 19.2. The maximum Gasteiger partial charge on any atom is 0.332 e. The van der Waals surface area contributed by atoms with Crippen molar-refractivity contribution in [1.29, 1.82) is 0 Å². The molecule has 0 aromatic heterocycles. The summed E-state index contributed by atoms with van der Waals surface area (Å²) in [5.74, 6) is 0. The van der Waals surface area contributed by atoms with Crippen molar-refractivity contribution in [3.05, 3.63) is 57.6 Å². The van der Waals surface area contributed by atoms with Gasteiger partial charge in [-0.25, -0.2) is 9.69 Å². The van der Waals surface area contributed by atoms with Gasteiger partial charge in [-0.2, -0.15) is 0 Å². The summed E-state index contributed by atoms with van der Waals surface area (Å²) in [5.41, 5.74) is 3.65. The zero-order valence-corrected chi connectivity index (χ0v) is 17.0. The van der Waals surface area contributed by atoms with Gasteiger partial charge in [-0.1, -0.05) is 48.0 Å². The van der Waals surface area contributed by atoms with Crippen molar-refractivity contribution in [2.45, 2.75) is 26.0 Å². The van der Waals surface area contributed by atoms with Crippen LogP contribution in [0, 0.1) is 13.8 Å². The molecule has 0 spiro atoms. The highest BCUT2D eigenvalue weighted by molar-refractivity contribution is 8.15. The zero-order valence-electron chi connectivity index (χ0n) is 14.7. The number of amidine groups is 1. The van der Waals surface area contributed by atoms with Crippen molar-refractivity contribution in [3.63, 3.8) is 0 Å². The Morgan fingerprint density at radius 1 is 1.15 bits per heavy atom. The first kappa shape index (κ1) is 19.1. The van der Waals surface area contributed by atoms with E-state index in [-0.39, 0.29) is 6.03 Å². The number of carbonyl (C=O) groups is 1. The number of aliphatic imine (C=N–C) groups is 1. The van der Waals surface area contributed by atoms with Crippen LogP contribution in [0.4, 0.5) is 16.2 Å². The number of anilines is 2. The molecule has 1 aliphatic rings. The number of amides is 2. The smallest absolute Gasteiger partial charge is 0.307 e. The third-order valence-electron chi connectivity index (χ3n) is 4.10. The number of halogens is 2. The summed E-state index contributed by atoms with van der Waals surface area (Å²) in [6.07, 6.45) is 0. The summed E-state index contributed by atoms with van der Waals surface area (Å²) in [5, 5.41) is 4.76. The molecule has 1 heterocycles. The van der Waals surface area contributed by atoms with Crippen molar-refractivity contribution >= 4 is 57.5 Å². The first-order valence-corrected chi connectivity index (χ1v) is 9.83. The van der Waals surface area contributed by atoms with Crippen LogP contribution in [0.2, 0.25) is 10.0 Å². The van der Waals surface area contributed by atoms with Gasteiger partial charge in [-0.05, 0) is 55.3 Å². The molecule has 0 saturated carbocycles. The van der Waals surface area contributed by atoms with Crippen molar-refractivity contribution < 1.29 is 4.79 Å². The average molecular weight is 408 g/mol. The normalized spacial score (nSPS) is 16.3. The maximum absolute atomic E-state index is 13.0. The molecule has 3 rings (SSSR count). The van der Waals surface area contributed by atoms with Crippen LogP contribution >= 0.6 is 35.0 Å². The molecule has 0 radical (unpaired) electrons. The molecular weight excluding hydrogens is 389 g/mol. The molecule has 0 fully saturated rings. The van der Waals surface area contributed by atoms with Crippen LogP contribution in [-0.2, 0) is 0 Å². The molecule has 0 bridgehead atoms. The molecule has 0 unspecified atom stereocenters. The predicted octanol–water partition coefficient (Wildman–Crippen LogP) is 6.14. The number of benzene rings is 2. The van der Waals surface area contributed by atoms with Gasteiger partial charge in [0.15, 0.2) is 5.17 Å². The largest absolute Gasteiger partial charge is 0.332 e. The monoisotopic (exact) mass is 407 g/mol. The zero-order chi connectivity index (χ0) is 18.8. The highest BCUT2D eigenvalue weighted by Crippen LogP contribution is 2.30. The molecule has 1 N–H and O–H groups in total. The van der Waals surface area contributed by atoms with E-state index in [4.69, 9.17) is 23.2 Å². The molecule has 2 amide bonds. The van der Waals surface area contributed by atoms with Crippen LogP contribution in [-0.4, -0.2) is 23.0 Å². The van der Waals surface area contributed by atoms with Gasteiger partial charge in [0, 0.05) is 10.9 Å². The van der Waals surface area contributed by atoms with Crippen LogP contribution in [0.3, 0.4) is 0 Å². The van der Waals surface area contributed by atoms with E-state index in [2.05, 4.69) is 17.2 Å². The van der Waals surface area contributed by atoms with E-state index in [0.29, 0.717) is 32.7 Å². The molecule has 1 aliphatic heterocycles. The minimum absolute atomic E-state index is 0.285. The Balaban J connectivity index is 1.93. The molecule has 136 valence electrons. The number of rotatable bonds is 2. The molecule has 7 heteroatoms. The van der Waals surface area contributed by atoms with Crippen LogP contribution in [0.25, 0.3) is 0 Å². The van der Waals surface area contributed by atoms with Gasteiger partial charge in [0.2, 0.25) is 0 Å². The number of nitrogens with one attached hydrogen (secondary N) is 1. The molecular formula is C19H19Cl2N3OS. The standard InChI is InChI=1S/C19H19Cl2N3OS/c1-11-4-6-15(8-12(11)2)24(19-22-10-13(3)26-19)18(25)23-14-5-7-16(20)17(21)9-14/h4-9,13H,10H2,1-3H3,(H,23,25)/t13-/m0/s1. The lowest BCUT2D eigenvalue weighted by atomic mass is 10.1. The fraction of sp³-hybridized carbons (Fsp3) is 0.263. The molecule has 0 aliphatic carbocycles. The number of thioether (sulfide) groups is 1. The molecule has 26 heavy (non-hydrogen) atoms. The summed E-state index contributed by atoms with van der Waals surface area (Å²) >= 11 is 13.6. The van der Waals surface area contributed by atoms with Crippen LogP contribution in [0.5, 0.6) is 0 Å². The Morgan fingerprint density at radius 2 is 1.92 bits per heavy atom. The predicted molar refractivity (Wildman–Crippen MR) is 113 cm³/mol. The van der Waals surface area contributed by atoms with E-state index in [1.54, 1.807) is 34.9 Å². The summed E-state index contributed by atoms with van der Waals surface area (Å²) in [7, 11) is 0. The van der Waals surface area contributed by atoms with Crippen LogP contribution in [0.15, 0.2) is 41.4 Å². The number of hydrogen-bond donors (Lipinski definition) is 1. The third kappa shape index (κ3) is 4.17. The first-order valence-electron chi connectivity index (χ1n) is 8.19. The van der Waals surface area contributed by atoms with Crippen molar-refractivity contribution in [1.82, 2.24) is 0 Å². The van der Waals surface area contributed by atoms with Gasteiger partial charge in [-0.3, -0.25) is 4.99 Å². The Hall–Kier alpha value is -1.69. The lowest BCUT2D eigenvalue weighted by molar-refractivity contribution is 0.259. The molecule has 2 aromatic carbocycles. The summed E-state index contributed by atoms with van der Waals surface area (Å²) in [6.45, 7) is 6.86. The minimum Gasteiger partial charge on any atom is -0.307 e. The lowest BCUT2D eigenvalue weighted by Gasteiger charge is -2.23. The lowest BCUT2D eigenvalue weighted by Crippen LogP contribution is -2.38. The Bertz CT molecular complexity index is 885. The van der Waals surface area contributed by atoms with E-state index in [9.17, 15) is 4.79 Å². The average Bonchev–Trinajstić information content (AvgIpc) is 3.00. The van der Waals surface area contributed by atoms with E-state index >= 15 is 0 Å². The number of nitrogens with zero attached hydrogens (tertiary/aromatic N) is 2. The van der Waals surface area contributed by atoms with Gasteiger partial charge in [0.05, 0.1) is 22.3 Å². The number of hydrogen-bond acceptors (Lipinski definition) is 3. The molecule has 1 atom stereocenters. The molecule has 4 nitrogen and oxygen atoms in total. The first-order chi connectivity index (χ1) is 12.3. The quantitative estimate of drug-likeness (QED) is 0.649. The fourth-order valence-corrected chi connectivity index (χ4v) is 3.77. The highest BCUT2D eigenvalue weighted by atomic mass is 35.5. The second-order valence-corrected chi connectivity index (χ2v) is 8.43. The van der Waals surface area contributed by atoms with E-state index in [1.807, 2.05) is 32.0 Å². The minimum atomic E-state index is -0.285. The second-order valence-electron chi connectivity index (χ2n) is 6.21. The summed E-state index contributed by atoms with van der Waals surface area (Å²) in [6, 6.07) is 10.7. The third-order valence-corrected chi connectivity index (χ3v) is 5.92. The van der Waals surface area contributed by atoms with Crippen molar-refractivity contribution in [3.8, 4) is 0 Å². The van der Waals surface area contributed by atoms with Gasteiger partial charge in [0.1, 0.15) is 0 Å². The highest BCUT2D eigenvalue weighted by Gasteiger charge is 2.27. The Morgan fingerprint density at radius 3 is 2.54 bits per heavy atom. The van der Waals surface area contributed by atoms with E-state index < -0.39 is 0 Å². The maximum atomic E-state index is 13.0. The van der Waals surface area contributed by atoms with Crippen LogP contribution in [0.1, 0.15) is 18.1 Å². The van der Waals surface area contributed by atoms with Crippen LogP contribution < -0.4 is 10.2 Å². The van der Waals surface area contributed by atoms with Crippen molar-refractivity contribution in [2.75, 3.05) is 16.8 Å². The van der Waals surface area contributed by atoms with Gasteiger partial charge in [-0.15, -0.1) is 0 Å². The van der Waals surface area contributed by atoms with Gasteiger partial charge in [0.25, 0.3) is 0 Å². The topological polar surface area (TPSA) is 44.7 Å². The number of urea groups is 1. The van der Waals surface area contributed by atoms with E-state index in [1.165, 1.54) is 5.56 Å². The SMILES string of the molecule is Cc1ccc(N(C(=O)Nc2ccc(Cl)c(Cl)c2)C2=NC[C@H](C)S2)cc1C. The molecule has 2 aromatic rings.